The van der Waals surface area contributed by atoms with Crippen LogP contribution in [0.2, 0.25) is 0 Å². The second kappa shape index (κ2) is 9.49. The van der Waals surface area contributed by atoms with Gasteiger partial charge in [-0.3, -0.25) is 4.79 Å². The minimum Gasteiger partial charge on any atom is -0.462 e. The number of nitrogens with one attached hydrogen (secondary N) is 1. The zero-order chi connectivity index (χ0) is 15.7. The number of esters is 1. The van der Waals surface area contributed by atoms with Gasteiger partial charge in [0.25, 0.3) is 5.91 Å². The van der Waals surface area contributed by atoms with Crippen LogP contribution in [0.1, 0.15) is 29.1 Å². The van der Waals surface area contributed by atoms with Crippen LogP contribution >= 0.6 is 11.3 Å². The number of thiophene rings is 1. The van der Waals surface area contributed by atoms with E-state index in [4.69, 9.17) is 14.2 Å². The van der Waals surface area contributed by atoms with Crippen LogP contribution in [0, 0.1) is 0 Å². The summed E-state index contributed by atoms with van der Waals surface area (Å²) in [5.41, 5.74) is 0.393. The van der Waals surface area contributed by atoms with Gasteiger partial charge in [0.1, 0.15) is 11.6 Å². The Morgan fingerprint density at radius 3 is 2.67 bits per heavy atom. The summed E-state index contributed by atoms with van der Waals surface area (Å²) in [4.78, 5) is 24.7. The van der Waals surface area contributed by atoms with Gasteiger partial charge in [0, 0.05) is 12.0 Å². The van der Waals surface area contributed by atoms with Crippen molar-refractivity contribution in [1.29, 1.82) is 0 Å². The highest BCUT2D eigenvalue weighted by Crippen LogP contribution is 2.29. The predicted octanol–water partition coefficient (Wildman–Crippen LogP) is 2.09. The maximum absolute atomic E-state index is 11.9. The van der Waals surface area contributed by atoms with Crippen molar-refractivity contribution >= 4 is 28.2 Å². The average molecular weight is 315 g/mol. The van der Waals surface area contributed by atoms with E-state index in [-0.39, 0.29) is 12.5 Å². The molecule has 118 valence electrons. The molecule has 0 spiro atoms. The normalized spacial score (nSPS) is 10.4. The van der Waals surface area contributed by atoms with Crippen molar-refractivity contribution in [3.8, 4) is 0 Å². The first kappa shape index (κ1) is 17.6. The van der Waals surface area contributed by atoms with Gasteiger partial charge in [0.15, 0.2) is 0 Å². The SMILES string of the molecule is CCOC(=O)c1cc(CC)sc1NC(=O)COCCOC. The van der Waals surface area contributed by atoms with Crippen LogP contribution in [-0.4, -0.2) is 45.4 Å². The fourth-order valence-electron chi connectivity index (χ4n) is 1.54. The van der Waals surface area contributed by atoms with Crippen LogP contribution in [0.5, 0.6) is 0 Å². The zero-order valence-electron chi connectivity index (χ0n) is 12.6. The summed E-state index contributed by atoms with van der Waals surface area (Å²) in [5, 5.41) is 3.20. The van der Waals surface area contributed by atoms with Crippen molar-refractivity contribution in [3.63, 3.8) is 0 Å². The quantitative estimate of drug-likeness (QED) is 0.558. The molecule has 7 heteroatoms. The highest BCUT2D eigenvalue weighted by atomic mass is 32.1. The molecule has 0 saturated carbocycles. The van der Waals surface area contributed by atoms with Crippen molar-refractivity contribution in [2.45, 2.75) is 20.3 Å². The van der Waals surface area contributed by atoms with Gasteiger partial charge in [-0.05, 0) is 19.4 Å². The van der Waals surface area contributed by atoms with Crippen molar-refractivity contribution < 1.29 is 23.8 Å². The zero-order valence-corrected chi connectivity index (χ0v) is 13.4. The first-order chi connectivity index (χ1) is 10.1. The maximum atomic E-state index is 11.9. The first-order valence-electron chi connectivity index (χ1n) is 6.78. The number of anilines is 1. The molecule has 0 aliphatic rings. The predicted molar refractivity (Wildman–Crippen MR) is 81.0 cm³/mol. The molecule has 1 N–H and O–H groups in total. The van der Waals surface area contributed by atoms with Gasteiger partial charge in [-0.25, -0.2) is 4.79 Å². The summed E-state index contributed by atoms with van der Waals surface area (Å²) < 4.78 is 15.0. The van der Waals surface area contributed by atoms with E-state index in [1.165, 1.54) is 11.3 Å². The molecule has 0 aliphatic heterocycles. The molecule has 21 heavy (non-hydrogen) atoms. The Morgan fingerprint density at radius 2 is 2.05 bits per heavy atom. The number of carbonyl (C=O) groups is 2. The largest absolute Gasteiger partial charge is 0.462 e. The number of hydrogen-bond donors (Lipinski definition) is 1. The monoisotopic (exact) mass is 315 g/mol. The standard InChI is InChI=1S/C14H21NO5S/c1-4-10-8-11(14(17)20-5-2)13(21-10)15-12(16)9-19-7-6-18-3/h8H,4-7,9H2,1-3H3,(H,15,16). The van der Waals surface area contributed by atoms with Crippen LogP contribution in [0.3, 0.4) is 0 Å². The molecule has 0 bridgehead atoms. The number of amides is 1. The van der Waals surface area contributed by atoms with Gasteiger partial charge in [0.2, 0.25) is 0 Å². The van der Waals surface area contributed by atoms with Crippen LogP contribution < -0.4 is 5.32 Å². The second-order valence-corrected chi connectivity index (χ2v) is 5.26. The molecule has 0 fully saturated rings. The molecule has 1 aromatic heterocycles. The number of methoxy groups -OCH3 is 1. The first-order valence-corrected chi connectivity index (χ1v) is 7.60. The van der Waals surface area contributed by atoms with E-state index in [0.29, 0.717) is 30.4 Å². The lowest BCUT2D eigenvalue weighted by atomic mass is 10.2. The summed E-state index contributed by atoms with van der Waals surface area (Å²) in [6.07, 6.45) is 0.789. The maximum Gasteiger partial charge on any atom is 0.341 e. The lowest BCUT2D eigenvalue weighted by Gasteiger charge is -2.06. The molecule has 0 radical (unpaired) electrons. The molecule has 1 amide bonds. The highest BCUT2D eigenvalue weighted by molar-refractivity contribution is 7.16. The van der Waals surface area contributed by atoms with E-state index in [1.54, 1.807) is 20.1 Å². The Bertz CT molecular complexity index is 472. The Morgan fingerprint density at radius 1 is 1.29 bits per heavy atom. The van der Waals surface area contributed by atoms with Crippen LogP contribution in [0.25, 0.3) is 0 Å². The van der Waals surface area contributed by atoms with Crippen LogP contribution in [-0.2, 0) is 25.4 Å². The van der Waals surface area contributed by atoms with E-state index < -0.39 is 5.97 Å². The molecular weight excluding hydrogens is 294 g/mol. The van der Waals surface area contributed by atoms with Gasteiger partial charge in [-0.2, -0.15) is 0 Å². The van der Waals surface area contributed by atoms with Gasteiger partial charge in [0.05, 0.1) is 25.4 Å². The van der Waals surface area contributed by atoms with Crippen LogP contribution in [0.4, 0.5) is 5.00 Å². The van der Waals surface area contributed by atoms with Gasteiger partial charge < -0.3 is 19.5 Å². The second-order valence-electron chi connectivity index (χ2n) is 4.12. The lowest BCUT2D eigenvalue weighted by Crippen LogP contribution is -2.20. The number of ether oxygens (including phenoxy) is 3. The average Bonchev–Trinajstić information content (AvgIpc) is 2.87. The van der Waals surface area contributed by atoms with Gasteiger partial charge in [-0.1, -0.05) is 6.92 Å². The number of carbonyl (C=O) groups excluding carboxylic acids is 2. The smallest absolute Gasteiger partial charge is 0.341 e. The third-order valence-electron chi connectivity index (χ3n) is 2.54. The molecule has 0 saturated heterocycles. The Kier molecular flexibility index (Phi) is 7.96. The third-order valence-corrected chi connectivity index (χ3v) is 3.74. The molecule has 1 rings (SSSR count). The Balaban J connectivity index is 2.66. The van der Waals surface area contributed by atoms with Gasteiger partial charge in [-0.15, -0.1) is 11.3 Å². The summed E-state index contributed by atoms with van der Waals surface area (Å²) in [7, 11) is 1.56. The highest BCUT2D eigenvalue weighted by Gasteiger charge is 2.18. The van der Waals surface area contributed by atoms with E-state index in [9.17, 15) is 9.59 Å². The summed E-state index contributed by atoms with van der Waals surface area (Å²) in [5.74, 6) is -0.731. The molecule has 0 aromatic carbocycles. The fourth-order valence-corrected chi connectivity index (χ4v) is 2.54. The van der Waals surface area contributed by atoms with Gasteiger partial charge >= 0.3 is 5.97 Å². The van der Waals surface area contributed by atoms with Crippen LogP contribution in [0.15, 0.2) is 6.07 Å². The fraction of sp³-hybridized carbons (Fsp3) is 0.571. The van der Waals surface area contributed by atoms with E-state index in [2.05, 4.69) is 5.32 Å². The summed E-state index contributed by atoms with van der Waals surface area (Å²) in [6.45, 7) is 4.72. The third kappa shape index (κ3) is 5.82. The molecule has 0 aliphatic carbocycles. The summed E-state index contributed by atoms with van der Waals surface area (Å²) >= 11 is 1.37. The summed E-state index contributed by atoms with van der Waals surface area (Å²) in [6, 6.07) is 1.75. The number of rotatable bonds is 9. The van der Waals surface area contributed by atoms with E-state index in [0.717, 1.165) is 11.3 Å². The molecule has 0 unspecified atom stereocenters. The van der Waals surface area contributed by atoms with E-state index >= 15 is 0 Å². The van der Waals surface area contributed by atoms with Crippen molar-refractivity contribution in [2.75, 3.05) is 38.9 Å². The van der Waals surface area contributed by atoms with Crippen molar-refractivity contribution in [1.82, 2.24) is 0 Å². The Hall–Kier alpha value is -1.44. The minimum atomic E-state index is -0.427. The molecule has 1 heterocycles. The molecular formula is C14H21NO5S. The molecule has 1 aromatic rings. The van der Waals surface area contributed by atoms with Crippen molar-refractivity contribution in [2.24, 2.45) is 0 Å². The Labute approximate surface area is 128 Å². The number of hydrogen-bond acceptors (Lipinski definition) is 6. The molecule has 6 nitrogen and oxygen atoms in total. The minimum absolute atomic E-state index is 0.0784. The molecule has 0 atom stereocenters. The van der Waals surface area contributed by atoms with Crippen molar-refractivity contribution in [3.05, 3.63) is 16.5 Å². The topological polar surface area (TPSA) is 73.9 Å². The van der Waals surface area contributed by atoms with E-state index in [1.807, 2.05) is 6.92 Å². The number of aryl methyl sites for hydroxylation is 1. The lowest BCUT2D eigenvalue weighted by molar-refractivity contribution is -0.121.